The van der Waals surface area contributed by atoms with Crippen molar-refractivity contribution in [3.63, 3.8) is 0 Å². The summed E-state index contributed by atoms with van der Waals surface area (Å²) in [5.74, 6) is -0.503. The SMILES string of the molecule is Nc1nonc1-n1nnc(C(=O)N/N=C\c2cccc(Cl)c2Cl)c1-c1ccccc1. The molecule has 0 radical (unpaired) electrons. The van der Waals surface area contributed by atoms with Gasteiger partial charge in [0, 0.05) is 11.1 Å². The first kappa shape index (κ1) is 19.6. The highest BCUT2D eigenvalue weighted by Crippen LogP contribution is 2.26. The van der Waals surface area contributed by atoms with Gasteiger partial charge in [-0.1, -0.05) is 70.9 Å². The topological polar surface area (TPSA) is 137 Å². The standard InChI is InChI=1S/C18H12Cl2N8O2/c19-12-8-4-7-11(13(12)20)9-22-24-18(29)14-15(10-5-2-1-3-6-10)28(27-23-14)17-16(21)25-30-26-17/h1-9H,(H2,21,25)(H,24,29)/b22-9-. The molecule has 0 unspecified atom stereocenters. The van der Waals surface area contributed by atoms with Gasteiger partial charge in [-0.2, -0.15) is 9.78 Å². The fraction of sp³-hybridized carbons (Fsp3) is 0. The first-order valence-corrected chi connectivity index (χ1v) is 9.19. The average Bonchev–Trinajstić information content (AvgIpc) is 3.37. The number of hydrogen-bond donors (Lipinski definition) is 2. The minimum atomic E-state index is -0.607. The lowest BCUT2D eigenvalue weighted by molar-refractivity contribution is 0.0950. The van der Waals surface area contributed by atoms with E-state index in [2.05, 4.69) is 35.8 Å². The quantitative estimate of drug-likeness (QED) is 0.357. The number of nitrogen functional groups attached to an aromatic ring is 1. The molecule has 2 heterocycles. The van der Waals surface area contributed by atoms with E-state index >= 15 is 0 Å². The van der Waals surface area contributed by atoms with Gasteiger partial charge in [-0.05, 0) is 16.4 Å². The first-order chi connectivity index (χ1) is 14.6. The Morgan fingerprint density at radius 2 is 1.93 bits per heavy atom. The van der Waals surface area contributed by atoms with Crippen LogP contribution in [0.2, 0.25) is 10.0 Å². The summed E-state index contributed by atoms with van der Waals surface area (Å²) in [6.45, 7) is 0. The van der Waals surface area contributed by atoms with Gasteiger partial charge in [-0.15, -0.1) is 5.10 Å². The molecule has 0 aliphatic rings. The highest BCUT2D eigenvalue weighted by Gasteiger charge is 2.24. The Labute approximate surface area is 179 Å². The summed E-state index contributed by atoms with van der Waals surface area (Å²) in [6.07, 6.45) is 1.37. The molecule has 0 bridgehead atoms. The molecular formula is C18H12Cl2N8O2. The number of aromatic nitrogens is 5. The van der Waals surface area contributed by atoms with Crippen molar-refractivity contribution >= 4 is 41.1 Å². The highest BCUT2D eigenvalue weighted by atomic mass is 35.5. The van der Waals surface area contributed by atoms with Gasteiger partial charge in [-0.25, -0.2) is 10.1 Å². The number of nitrogens with two attached hydrogens (primary N) is 1. The minimum absolute atomic E-state index is 0.00191. The van der Waals surface area contributed by atoms with E-state index in [-0.39, 0.29) is 17.3 Å². The number of amides is 1. The van der Waals surface area contributed by atoms with Crippen LogP contribution in [0.15, 0.2) is 58.3 Å². The van der Waals surface area contributed by atoms with E-state index in [1.165, 1.54) is 10.9 Å². The molecule has 12 heteroatoms. The number of hydrazone groups is 1. The average molecular weight is 443 g/mol. The molecule has 3 N–H and O–H groups in total. The van der Waals surface area contributed by atoms with Gasteiger partial charge in [0.05, 0.1) is 16.3 Å². The summed E-state index contributed by atoms with van der Waals surface area (Å²) in [4.78, 5) is 12.8. The Morgan fingerprint density at radius 1 is 1.13 bits per heavy atom. The van der Waals surface area contributed by atoms with Gasteiger partial charge < -0.3 is 5.73 Å². The highest BCUT2D eigenvalue weighted by molar-refractivity contribution is 6.43. The Morgan fingerprint density at radius 3 is 2.67 bits per heavy atom. The van der Waals surface area contributed by atoms with E-state index in [9.17, 15) is 4.79 Å². The van der Waals surface area contributed by atoms with E-state index < -0.39 is 5.91 Å². The molecule has 1 amide bonds. The minimum Gasteiger partial charge on any atom is -0.378 e. The number of rotatable bonds is 5. The van der Waals surface area contributed by atoms with Crippen molar-refractivity contribution in [1.82, 2.24) is 30.7 Å². The van der Waals surface area contributed by atoms with Crippen molar-refractivity contribution in [3.8, 4) is 17.1 Å². The molecule has 0 saturated carbocycles. The van der Waals surface area contributed by atoms with E-state index in [1.54, 1.807) is 42.5 Å². The smallest absolute Gasteiger partial charge is 0.294 e. The number of benzene rings is 2. The Balaban J connectivity index is 1.68. The lowest BCUT2D eigenvalue weighted by atomic mass is 10.1. The molecule has 4 aromatic rings. The number of halogens is 2. The largest absolute Gasteiger partial charge is 0.378 e. The zero-order valence-electron chi connectivity index (χ0n) is 15.0. The monoisotopic (exact) mass is 442 g/mol. The predicted octanol–water partition coefficient (Wildman–Crippen LogP) is 2.97. The first-order valence-electron chi connectivity index (χ1n) is 8.43. The number of nitrogens with zero attached hydrogens (tertiary/aromatic N) is 6. The van der Waals surface area contributed by atoms with Crippen molar-refractivity contribution < 1.29 is 9.42 Å². The van der Waals surface area contributed by atoms with Crippen LogP contribution in [0.1, 0.15) is 16.1 Å². The number of carbonyl (C=O) groups excluding carboxylic acids is 1. The van der Waals surface area contributed by atoms with Crippen LogP contribution < -0.4 is 11.2 Å². The molecule has 0 aliphatic heterocycles. The van der Waals surface area contributed by atoms with Gasteiger partial charge in [0.2, 0.25) is 11.6 Å². The van der Waals surface area contributed by atoms with Crippen molar-refractivity contribution in [1.29, 1.82) is 0 Å². The number of carbonyl (C=O) groups is 1. The Kier molecular flexibility index (Phi) is 5.42. The van der Waals surface area contributed by atoms with Crippen molar-refractivity contribution in [2.45, 2.75) is 0 Å². The summed E-state index contributed by atoms with van der Waals surface area (Å²) in [5.41, 5.74) is 9.70. The number of anilines is 1. The molecule has 2 aromatic heterocycles. The third-order valence-electron chi connectivity index (χ3n) is 3.98. The summed E-state index contributed by atoms with van der Waals surface area (Å²) < 4.78 is 5.91. The lowest BCUT2D eigenvalue weighted by Gasteiger charge is -2.05. The van der Waals surface area contributed by atoms with Gasteiger partial charge in [0.1, 0.15) is 5.69 Å². The van der Waals surface area contributed by atoms with E-state index in [1.807, 2.05) is 6.07 Å². The summed E-state index contributed by atoms with van der Waals surface area (Å²) in [7, 11) is 0. The van der Waals surface area contributed by atoms with Crippen LogP contribution in [0.5, 0.6) is 0 Å². The fourth-order valence-corrected chi connectivity index (χ4v) is 2.97. The van der Waals surface area contributed by atoms with Gasteiger partial charge in [0.25, 0.3) is 5.91 Å². The van der Waals surface area contributed by atoms with Crippen molar-refractivity contribution in [3.05, 3.63) is 69.8 Å². The van der Waals surface area contributed by atoms with Crippen LogP contribution in [0.3, 0.4) is 0 Å². The van der Waals surface area contributed by atoms with Crippen molar-refractivity contribution in [2.75, 3.05) is 5.73 Å². The molecule has 0 fully saturated rings. The third-order valence-corrected chi connectivity index (χ3v) is 4.81. The molecule has 10 nitrogen and oxygen atoms in total. The second-order valence-corrected chi connectivity index (χ2v) is 6.66. The second-order valence-electron chi connectivity index (χ2n) is 5.88. The third kappa shape index (κ3) is 3.73. The Bertz CT molecular complexity index is 1240. The maximum absolute atomic E-state index is 12.8. The summed E-state index contributed by atoms with van der Waals surface area (Å²) >= 11 is 12.1. The second kappa shape index (κ2) is 8.31. The molecule has 0 saturated heterocycles. The van der Waals surface area contributed by atoms with Crippen LogP contribution in [0, 0.1) is 0 Å². The number of nitrogens with one attached hydrogen (secondary N) is 1. The molecule has 0 spiro atoms. The normalized spacial score (nSPS) is 11.1. The van der Waals surface area contributed by atoms with E-state index in [0.717, 1.165) is 0 Å². The molecule has 150 valence electrons. The Hall–Kier alpha value is -3.76. The molecule has 0 atom stereocenters. The van der Waals surface area contributed by atoms with E-state index in [0.29, 0.717) is 26.9 Å². The van der Waals surface area contributed by atoms with Crippen molar-refractivity contribution in [2.24, 2.45) is 5.10 Å². The maximum atomic E-state index is 12.8. The molecule has 0 aliphatic carbocycles. The van der Waals surface area contributed by atoms with E-state index in [4.69, 9.17) is 28.9 Å². The predicted molar refractivity (Wildman–Crippen MR) is 111 cm³/mol. The van der Waals surface area contributed by atoms with Crippen LogP contribution in [0.25, 0.3) is 17.1 Å². The van der Waals surface area contributed by atoms with Gasteiger partial charge in [0.15, 0.2) is 5.69 Å². The summed E-state index contributed by atoms with van der Waals surface area (Å²) in [6, 6.07) is 14.1. The maximum Gasteiger partial charge on any atom is 0.294 e. The van der Waals surface area contributed by atoms with Crippen LogP contribution in [0.4, 0.5) is 5.82 Å². The molecule has 2 aromatic carbocycles. The van der Waals surface area contributed by atoms with Crippen LogP contribution >= 0.6 is 23.2 Å². The lowest BCUT2D eigenvalue weighted by Crippen LogP contribution is -2.19. The zero-order chi connectivity index (χ0) is 21.1. The van der Waals surface area contributed by atoms with Gasteiger partial charge >= 0.3 is 0 Å². The fourth-order valence-electron chi connectivity index (χ4n) is 2.61. The zero-order valence-corrected chi connectivity index (χ0v) is 16.5. The molecule has 4 rings (SSSR count). The number of hydrogen-bond acceptors (Lipinski definition) is 8. The van der Waals surface area contributed by atoms with Crippen LogP contribution in [-0.4, -0.2) is 37.4 Å². The molecule has 30 heavy (non-hydrogen) atoms. The van der Waals surface area contributed by atoms with Crippen LogP contribution in [-0.2, 0) is 0 Å². The molecular weight excluding hydrogens is 431 g/mol. The van der Waals surface area contributed by atoms with Gasteiger partial charge in [-0.3, -0.25) is 4.79 Å². The summed E-state index contributed by atoms with van der Waals surface area (Å²) in [5, 5.41) is 19.8.